The number of ether oxygens (including phenoxy) is 2. The predicted octanol–water partition coefficient (Wildman–Crippen LogP) is 5.19. The number of aromatic nitrogens is 1. The molecule has 0 aliphatic carbocycles. The minimum absolute atomic E-state index is 0.615. The van der Waals surface area contributed by atoms with Crippen molar-refractivity contribution in [3.05, 3.63) is 54.2 Å². The van der Waals surface area contributed by atoms with Crippen molar-refractivity contribution in [3.63, 3.8) is 0 Å². The fraction of sp³-hybridized carbons (Fsp3) is 0.211. The first kappa shape index (κ1) is 15.6. The Labute approximate surface area is 140 Å². The molecule has 2 aromatic carbocycles. The molecule has 0 aliphatic heterocycles. The fourth-order valence-corrected chi connectivity index (χ4v) is 3.52. The third-order valence-corrected chi connectivity index (χ3v) is 4.80. The maximum absolute atomic E-state index is 5.58. The summed E-state index contributed by atoms with van der Waals surface area (Å²) >= 11 is 1.70. The quantitative estimate of drug-likeness (QED) is 0.646. The molecule has 118 valence electrons. The Bertz CT molecular complexity index is 796. The summed E-state index contributed by atoms with van der Waals surface area (Å²) in [7, 11) is 1.66. The Morgan fingerprint density at radius 2 is 1.78 bits per heavy atom. The molecular weight excluding hydrogens is 306 g/mol. The van der Waals surface area contributed by atoms with Crippen LogP contribution in [-0.4, -0.2) is 18.7 Å². The summed E-state index contributed by atoms with van der Waals surface area (Å²) in [6.45, 7) is 4.63. The third kappa shape index (κ3) is 3.22. The smallest absolute Gasteiger partial charge is 0.161 e. The number of rotatable bonds is 5. The average Bonchev–Trinajstić information content (AvgIpc) is 2.98. The third-order valence-electron chi connectivity index (χ3n) is 3.54. The van der Waals surface area contributed by atoms with E-state index in [1.54, 1.807) is 18.4 Å². The van der Waals surface area contributed by atoms with Crippen molar-refractivity contribution in [1.29, 1.82) is 0 Å². The normalized spacial score (nSPS) is 10.6. The van der Waals surface area contributed by atoms with Gasteiger partial charge in [0.15, 0.2) is 11.5 Å². The first-order valence-corrected chi connectivity index (χ1v) is 8.38. The van der Waals surface area contributed by atoms with E-state index in [4.69, 9.17) is 14.5 Å². The first-order chi connectivity index (χ1) is 11.2. The number of thiazole rings is 1. The van der Waals surface area contributed by atoms with Crippen LogP contribution < -0.4 is 9.47 Å². The van der Waals surface area contributed by atoms with Crippen LogP contribution in [0, 0.1) is 6.92 Å². The van der Waals surface area contributed by atoms with Gasteiger partial charge in [0.1, 0.15) is 5.01 Å². The van der Waals surface area contributed by atoms with Gasteiger partial charge in [0, 0.05) is 5.56 Å². The largest absolute Gasteiger partial charge is 0.493 e. The molecule has 0 radical (unpaired) electrons. The molecule has 1 aromatic heterocycles. The Morgan fingerprint density at radius 1 is 1.00 bits per heavy atom. The number of nitrogens with zero attached hydrogens (tertiary/aromatic N) is 1. The zero-order valence-corrected chi connectivity index (χ0v) is 14.3. The van der Waals surface area contributed by atoms with Crippen molar-refractivity contribution in [2.75, 3.05) is 13.7 Å². The topological polar surface area (TPSA) is 31.4 Å². The Morgan fingerprint density at radius 3 is 2.48 bits per heavy atom. The molecule has 23 heavy (non-hydrogen) atoms. The lowest BCUT2D eigenvalue weighted by molar-refractivity contribution is 0.311. The molecule has 0 bridgehead atoms. The van der Waals surface area contributed by atoms with E-state index in [1.807, 2.05) is 50.2 Å². The van der Waals surface area contributed by atoms with E-state index < -0.39 is 0 Å². The van der Waals surface area contributed by atoms with Crippen LogP contribution in [0.15, 0.2) is 48.5 Å². The molecule has 1 heterocycles. The number of hydrogen-bond acceptors (Lipinski definition) is 4. The van der Waals surface area contributed by atoms with Gasteiger partial charge in [0.2, 0.25) is 0 Å². The Balaban J connectivity index is 2.00. The molecule has 0 aliphatic rings. The number of methoxy groups -OCH3 is 1. The minimum atomic E-state index is 0.615. The average molecular weight is 325 g/mol. The lowest BCUT2D eigenvalue weighted by atomic mass is 10.2. The highest BCUT2D eigenvalue weighted by Gasteiger charge is 2.13. The van der Waals surface area contributed by atoms with E-state index in [0.29, 0.717) is 6.61 Å². The van der Waals surface area contributed by atoms with Crippen LogP contribution in [-0.2, 0) is 0 Å². The zero-order valence-electron chi connectivity index (χ0n) is 13.5. The summed E-state index contributed by atoms with van der Waals surface area (Å²) in [5, 5.41) is 0.989. The number of benzene rings is 2. The van der Waals surface area contributed by atoms with E-state index in [0.717, 1.165) is 27.8 Å². The highest BCUT2D eigenvalue weighted by atomic mass is 32.1. The molecular formula is C19H19NO2S. The Kier molecular flexibility index (Phi) is 4.63. The van der Waals surface area contributed by atoms with Gasteiger partial charge in [-0.1, -0.05) is 30.3 Å². The second-order valence-electron chi connectivity index (χ2n) is 5.10. The predicted molar refractivity (Wildman–Crippen MR) is 95.4 cm³/mol. The summed E-state index contributed by atoms with van der Waals surface area (Å²) in [4.78, 5) is 5.93. The molecule has 0 amide bonds. The van der Waals surface area contributed by atoms with Gasteiger partial charge in [-0.25, -0.2) is 4.98 Å². The SMILES string of the molecule is CCOc1ccc(-c2nc(C)c(-c3ccccc3)s2)cc1OC. The second kappa shape index (κ2) is 6.84. The molecule has 0 unspecified atom stereocenters. The molecule has 0 N–H and O–H groups in total. The van der Waals surface area contributed by atoms with Crippen LogP contribution in [0.25, 0.3) is 21.0 Å². The highest BCUT2D eigenvalue weighted by molar-refractivity contribution is 7.18. The standard InChI is InChI=1S/C19H19NO2S/c1-4-22-16-11-10-15(12-17(16)21-3)19-20-13(2)18(23-19)14-8-6-5-7-9-14/h5-12H,4H2,1-3H3. The van der Waals surface area contributed by atoms with E-state index in [-0.39, 0.29) is 0 Å². The second-order valence-corrected chi connectivity index (χ2v) is 6.10. The maximum Gasteiger partial charge on any atom is 0.161 e. The van der Waals surface area contributed by atoms with E-state index in [1.165, 1.54) is 10.4 Å². The van der Waals surface area contributed by atoms with Crippen LogP contribution in [0.1, 0.15) is 12.6 Å². The van der Waals surface area contributed by atoms with Crippen molar-refractivity contribution < 1.29 is 9.47 Å². The van der Waals surface area contributed by atoms with Crippen molar-refractivity contribution in [3.8, 4) is 32.5 Å². The van der Waals surface area contributed by atoms with Crippen LogP contribution in [0.2, 0.25) is 0 Å². The van der Waals surface area contributed by atoms with Gasteiger partial charge >= 0.3 is 0 Å². The fourth-order valence-electron chi connectivity index (χ4n) is 2.45. The molecule has 4 heteroatoms. The monoisotopic (exact) mass is 325 g/mol. The zero-order chi connectivity index (χ0) is 16.2. The minimum Gasteiger partial charge on any atom is -0.493 e. The number of aryl methyl sites for hydroxylation is 1. The van der Waals surface area contributed by atoms with Crippen LogP contribution in [0.5, 0.6) is 11.5 Å². The van der Waals surface area contributed by atoms with E-state index in [2.05, 4.69) is 12.1 Å². The van der Waals surface area contributed by atoms with Crippen molar-refractivity contribution in [1.82, 2.24) is 4.98 Å². The van der Waals surface area contributed by atoms with E-state index in [9.17, 15) is 0 Å². The molecule has 0 fully saturated rings. The van der Waals surface area contributed by atoms with Gasteiger partial charge in [0.05, 0.1) is 24.3 Å². The molecule has 3 aromatic rings. The lowest BCUT2D eigenvalue weighted by Gasteiger charge is -2.09. The Hall–Kier alpha value is -2.33. The molecule has 0 atom stereocenters. The first-order valence-electron chi connectivity index (χ1n) is 7.57. The van der Waals surface area contributed by atoms with Crippen molar-refractivity contribution >= 4 is 11.3 Å². The summed E-state index contributed by atoms with van der Waals surface area (Å²) in [5.74, 6) is 1.49. The molecule has 3 rings (SSSR count). The van der Waals surface area contributed by atoms with Crippen LogP contribution in [0.3, 0.4) is 0 Å². The van der Waals surface area contributed by atoms with Gasteiger partial charge in [-0.15, -0.1) is 11.3 Å². The lowest BCUT2D eigenvalue weighted by Crippen LogP contribution is -1.95. The van der Waals surface area contributed by atoms with Gasteiger partial charge in [-0.2, -0.15) is 0 Å². The summed E-state index contributed by atoms with van der Waals surface area (Å²) < 4.78 is 11.0. The highest BCUT2D eigenvalue weighted by Crippen LogP contribution is 2.38. The molecule has 3 nitrogen and oxygen atoms in total. The summed E-state index contributed by atoms with van der Waals surface area (Å²) in [5.41, 5.74) is 3.29. The summed E-state index contributed by atoms with van der Waals surface area (Å²) in [6, 6.07) is 16.3. The van der Waals surface area contributed by atoms with Crippen LogP contribution in [0.4, 0.5) is 0 Å². The molecule has 0 saturated heterocycles. The van der Waals surface area contributed by atoms with Crippen molar-refractivity contribution in [2.45, 2.75) is 13.8 Å². The van der Waals surface area contributed by atoms with Gasteiger partial charge in [0.25, 0.3) is 0 Å². The van der Waals surface area contributed by atoms with E-state index >= 15 is 0 Å². The number of hydrogen-bond donors (Lipinski definition) is 0. The van der Waals surface area contributed by atoms with Gasteiger partial charge < -0.3 is 9.47 Å². The molecule has 0 spiro atoms. The van der Waals surface area contributed by atoms with Crippen LogP contribution >= 0.6 is 11.3 Å². The van der Waals surface area contributed by atoms with Gasteiger partial charge in [-0.3, -0.25) is 0 Å². The van der Waals surface area contributed by atoms with Gasteiger partial charge in [-0.05, 0) is 37.6 Å². The summed E-state index contributed by atoms with van der Waals surface area (Å²) in [6.07, 6.45) is 0. The maximum atomic E-state index is 5.58. The molecule has 0 saturated carbocycles. The van der Waals surface area contributed by atoms with Crippen molar-refractivity contribution in [2.24, 2.45) is 0 Å².